The smallest absolute Gasteiger partial charge is 0.0543 e. The first-order valence-electron chi connectivity index (χ1n) is 7.49. The molecule has 0 aromatic carbocycles. The third-order valence-electron chi connectivity index (χ3n) is 5.12. The Labute approximate surface area is 115 Å². The zero-order valence-corrected chi connectivity index (χ0v) is 11.8. The topological polar surface area (TPSA) is 36.4 Å². The summed E-state index contributed by atoms with van der Waals surface area (Å²) in [4.78, 5) is 7.06. The van der Waals surface area contributed by atoms with Gasteiger partial charge in [0.1, 0.15) is 0 Å². The number of hydrogen-bond acceptors (Lipinski definition) is 3. The highest BCUT2D eigenvalue weighted by atomic mass is 16.3. The molecule has 3 rings (SSSR count). The molecule has 1 heterocycles. The highest BCUT2D eigenvalue weighted by molar-refractivity contribution is 5.18. The molecular formula is C16H24N2O. The molecule has 1 aromatic heterocycles. The van der Waals surface area contributed by atoms with Crippen LogP contribution in [0.15, 0.2) is 24.4 Å². The summed E-state index contributed by atoms with van der Waals surface area (Å²) in [6.45, 7) is 0.226. The summed E-state index contributed by atoms with van der Waals surface area (Å²) in [5.41, 5.74) is 0.979. The summed E-state index contributed by atoms with van der Waals surface area (Å²) in [5, 5.41) is 9.89. The number of rotatable bonds is 4. The minimum Gasteiger partial charge on any atom is -0.395 e. The van der Waals surface area contributed by atoms with Crippen LogP contribution in [0.2, 0.25) is 0 Å². The highest BCUT2D eigenvalue weighted by Crippen LogP contribution is 2.41. The minimum absolute atomic E-state index is 0.0951. The summed E-state index contributed by atoms with van der Waals surface area (Å²) in [6.07, 6.45) is 9.07. The van der Waals surface area contributed by atoms with Gasteiger partial charge in [-0.05, 0) is 57.7 Å². The van der Waals surface area contributed by atoms with Crippen molar-refractivity contribution >= 4 is 0 Å². The first-order chi connectivity index (χ1) is 9.25. The zero-order chi connectivity index (χ0) is 13.3. The van der Waals surface area contributed by atoms with Gasteiger partial charge in [-0.2, -0.15) is 0 Å². The van der Waals surface area contributed by atoms with E-state index in [1.165, 1.54) is 25.7 Å². The molecule has 2 aliphatic carbocycles. The predicted molar refractivity (Wildman–Crippen MR) is 76.0 cm³/mol. The fourth-order valence-corrected chi connectivity index (χ4v) is 3.51. The van der Waals surface area contributed by atoms with Gasteiger partial charge in [-0.1, -0.05) is 6.07 Å². The molecule has 3 nitrogen and oxygen atoms in total. The van der Waals surface area contributed by atoms with Gasteiger partial charge in [0.05, 0.1) is 6.61 Å². The number of aliphatic hydroxyl groups excluding tert-OH is 1. The first kappa shape index (κ1) is 13.1. The fraction of sp³-hybridized carbons (Fsp3) is 0.688. The van der Waals surface area contributed by atoms with Gasteiger partial charge in [-0.3, -0.25) is 4.98 Å². The van der Waals surface area contributed by atoms with Gasteiger partial charge < -0.3 is 10.0 Å². The standard InChI is InChI=1S/C16H24N2O/c1-18(13-5-6-13)14-7-9-16(12-19,10-8-14)15-4-2-3-11-17-15/h2-4,11,13-14,19H,5-10,12H2,1H3/t14-,16-. The van der Waals surface area contributed by atoms with E-state index in [-0.39, 0.29) is 12.0 Å². The van der Waals surface area contributed by atoms with Gasteiger partial charge >= 0.3 is 0 Å². The number of hydrogen-bond donors (Lipinski definition) is 1. The van der Waals surface area contributed by atoms with E-state index in [1.807, 2.05) is 18.3 Å². The second-order valence-electron chi connectivity index (χ2n) is 6.28. The first-order valence-corrected chi connectivity index (χ1v) is 7.49. The summed E-state index contributed by atoms with van der Waals surface area (Å²) >= 11 is 0. The fourth-order valence-electron chi connectivity index (χ4n) is 3.51. The Bertz CT molecular complexity index is 408. The SMILES string of the molecule is CN(C1CC1)[C@H]1CC[C@](CO)(c2ccccn2)CC1. The molecule has 2 saturated carbocycles. The Morgan fingerprint density at radius 2 is 1.89 bits per heavy atom. The van der Waals surface area contributed by atoms with Crippen molar-refractivity contribution in [3.8, 4) is 0 Å². The van der Waals surface area contributed by atoms with E-state index >= 15 is 0 Å². The minimum atomic E-state index is -0.0951. The molecule has 104 valence electrons. The van der Waals surface area contributed by atoms with Crippen LogP contribution < -0.4 is 0 Å². The summed E-state index contributed by atoms with van der Waals surface area (Å²) in [7, 11) is 2.27. The molecule has 2 aliphatic rings. The second-order valence-corrected chi connectivity index (χ2v) is 6.28. The number of pyridine rings is 1. The molecule has 3 heteroatoms. The number of nitrogens with zero attached hydrogens (tertiary/aromatic N) is 2. The second kappa shape index (κ2) is 5.22. The van der Waals surface area contributed by atoms with Gasteiger partial charge in [-0.15, -0.1) is 0 Å². The normalized spacial score (nSPS) is 31.6. The molecule has 0 spiro atoms. The molecular weight excluding hydrogens is 236 g/mol. The zero-order valence-electron chi connectivity index (χ0n) is 11.8. The van der Waals surface area contributed by atoms with Gasteiger partial charge in [0, 0.05) is 29.4 Å². The molecule has 0 aliphatic heterocycles. The van der Waals surface area contributed by atoms with Crippen molar-refractivity contribution in [2.45, 2.75) is 56.0 Å². The average molecular weight is 260 g/mol. The van der Waals surface area contributed by atoms with Crippen LogP contribution in [0.3, 0.4) is 0 Å². The van der Waals surface area contributed by atoms with E-state index in [4.69, 9.17) is 0 Å². The van der Waals surface area contributed by atoms with E-state index in [1.54, 1.807) is 0 Å². The molecule has 2 fully saturated rings. The van der Waals surface area contributed by atoms with Gasteiger partial charge in [-0.25, -0.2) is 0 Å². The van der Waals surface area contributed by atoms with Crippen molar-refractivity contribution in [3.05, 3.63) is 30.1 Å². The molecule has 0 bridgehead atoms. The van der Waals surface area contributed by atoms with Crippen LogP contribution in [0, 0.1) is 0 Å². The van der Waals surface area contributed by atoms with Crippen molar-refractivity contribution < 1.29 is 5.11 Å². The van der Waals surface area contributed by atoms with Gasteiger partial charge in [0.15, 0.2) is 0 Å². The van der Waals surface area contributed by atoms with Crippen molar-refractivity contribution in [1.82, 2.24) is 9.88 Å². The Kier molecular flexibility index (Phi) is 3.59. The average Bonchev–Trinajstić information content (AvgIpc) is 3.32. The van der Waals surface area contributed by atoms with Crippen LogP contribution in [0.1, 0.15) is 44.2 Å². The summed E-state index contributed by atoms with van der Waals surface area (Å²) in [6, 6.07) is 7.59. The predicted octanol–water partition coefficient (Wildman–Crippen LogP) is 2.35. The monoisotopic (exact) mass is 260 g/mol. The maximum Gasteiger partial charge on any atom is 0.0543 e. The third kappa shape index (κ3) is 2.54. The van der Waals surface area contributed by atoms with Crippen LogP contribution in [0.25, 0.3) is 0 Å². The molecule has 19 heavy (non-hydrogen) atoms. The maximum atomic E-state index is 9.89. The van der Waals surface area contributed by atoms with Gasteiger partial charge in [0.2, 0.25) is 0 Å². The molecule has 0 radical (unpaired) electrons. The number of aliphatic hydroxyl groups is 1. The Hall–Kier alpha value is -0.930. The molecule has 0 atom stereocenters. The van der Waals surface area contributed by atoms with Crippen LogP contribution in [-0.4, -0.2) is 40.7 Å². The summed E-state index contributed by atoms with van der Waals surface area (Å²) < 4.78 is 0. The number of aromatic nitrogens is 1. The van der Waals surface area contributed by atoms with Crippen LogP contribution >= 0.6 is 0 Å². The molecule has 1 aromatic rings. The van der Waals surface area contributed by atoms with Crippen molar-refractivity contribution in [2.24, 2.45) is 0 Å². The van der Waals surface area contributed by atoms with E-state index in [2.05, 4.69) is 23.0 Å². The Balaban J connectivity index is 1.69. The molecule has 0 unspecified atom stereocenters. The van der Waals surface area contributed by atoms with Crippen molar-refractivity contribution in [1.29, 1.82) is 0 Å². The van der Waals surface area contributed by atoms with E-state index in [0.717, 1.165) is 24.6 Å². The summed E-state index contributed by atoms with van der Waals surface area (Å²) in [5.74, 6) is 0. The highest BCUT2D eigenvalue weighted by Gasteiger charge is 2.40. The third-order valence-corrected chi connectivity index (χ3v) is 5.12. The lowest BCUT2D eigenvalue weighted by Crippen LogP contribution is -2.43. The largest absolute Gasteiger partial charge is 0.395 e. The van der Waals surface area contributed by atoms with E-state index < -0.39 is 0 Å². The van der Waals surface area contributed by atoms with E-state index in [9.17, 15) is 5.11 Å². The lowest BCUT2D eigenvalue weighted by molar-refractivity contribution is 0.0957. The van der Waals surface area contributed by atoms with Gasteiger partial charge in [0.25, 0.3) is 0 Å². The lowest BCUT2D eigenvalue weighted by atomic mass is 9.70. The van der Waals surface area contributed by atoms with Crippen LogP contribution in [-0.2, 0) is 5.41 Å². The van der Waals surface area contributed by atoms with Crippen molar-refractivity contribution in [3.63, 3.8) is 0 Å². The molecule has 0 amide bonds. The van der Waals surface area contributed by atoms with Crippen LogP contribution in [0.4, 0.5) is 0 Å². The Morgan fingerprint density at radius 1 is 1.21 bits per heavy atom. The van der Waals surface area contributed by atoms with Crippen molar-refractivity contribution in [2.75, 3.05) is 13.7 Å². The van der Waals surface area contributed by atoms with E-state index in [0.29, 0.717) is 6.04 Å². The molecule has 1 N–H and O–H groups in total. The Morgan fingerprint density at radius 3 is 2.42 bits per heavy atom. The maximum absolute atomic E-state index is 9.89. The van der Waals surface area contributed by atoms with Crippen LogP contribution in [0.5, 0.6) is 0 Å². The lowest BCUT2D eigenvalue weighted by Gasteiger charge is -2.41. The molecule has 0 saturated heterocycles. The quantitative estimate of drug-likeness (QED) is 0.903.